The summed E-state index contributed by atoms with van der Waals surface area (Å²) in [7, 11) is 0. The number of aryl methyl sites for hydroxylation is 1. The van der Waals surface area contributed by atoms with E-state index in [4.69, 9.17) is 5.11 Å². The molecule has 24 heavy (non-hydrogen) atoms. The average molecular weight is 338 g/mol. The van der Waals surface area contributed by atoms with Crippen molar-refractivity contribution in [2.24, 2.45) is 0 Å². The summed E-state index contributed by atoms with van der Waals surface area (Å²) < 4.78 is 39.9. The maximum absolute atomic E-state index is 12.4. The van der Waals surface area contributed by atoms with Crippen LogP contribution in [-0.4, -0.2) is 36.3 Å². The third-order valence-corrected chi connectivity index (χ3v) is 3.58. The van der Waals surface area contributed by atoms with Crippen molar-refractivity contribution in [3.05, 3.63) is 53.3 Å². The van der Waals surface area contributed by atoms with Crippen LogP contribution >= 0.6 is 0 Å². The molecule has 3 rings (SSSR count). The van der Waals surface area contributed by atoms with Gasteiger partial charge in [0, 0.05) is 49.4 Å². The van der Waals surface area contributed by atoms with Gasteiger partial charge in [-0.2, -0.15) is 13.2 Å². The number of fused-ring (bicyclic) bond motifs is 1. The summed E-state index contributed by atoms with van der Waals surface area (Å²) in [5.74, 6) is 0.212. The summed E-state index contributed by atoms with van der Waals surface area (Å²) >= 11 is 0. The Kier molecular flexibility index (Phi) is 4.10. The Bertz CT molecular complexity index is 902. The van der Waals surface area contributed by atoms with Gasteiger partial charge in [0.05, 0.1) is 5.69 Å². The molecular weight excluding hydrogens is 325 g/mol. The number of pyridine rings is 1. The van der Waals surface area contributed by atoms with Crippen molar-refractivity contribution in [1.29, 1.82) is 0 Å². The van der Waals surface area contributed by atoms with Crippen LogP contribution in [0, 0.1) is 0 Å². The molecule has 0 saturated heterocycles. The van der Waals surface area contributed by atoms with Crippen LogP contribution in [0.3, 0.4) is 0 Å². The molecule has 0 fully saturated rings. The Hall–Kier alpha value is -2.68. The van der Waals surface area contributed by atoms with E-state index in [2.05, 4.69) is 9.97 Å². The molecule has 3 heterocycles. The smallest absolute Gasteiger partial charge is 0.384 e. The molecule has 0 aliphatic heterocycles. The SMILES string of the molecule is O=c1cc(-c2ccncc2)nc2n(CCC(O)C(F)(F)F)ccn12. The van der Waals surface area contributed by atoms with Crippen LogP contribution in [0.15, 0.2) is 47.8 Å². The van der Waals surface area contributed by atoms with Gasteiger partial charge in [-0.1, -0.05) is 0 Å². The fourth-order valence-corrected chi connectivity index (χ4v) is 2.31. The van der Waals surface area contributed by atoms with Gasteiger partial charge in [-0.25, -0.2) is 4.98 Å². The quantitative estimate of drug-likeness (QED) is 0.788. The van der Waals surface area contributed by atoms with Gasteiger partial charge >= 0.3 is 6.18 Å². The zero-order valence-corrected chi connectivity index (χ0v) is 12.3. The number of rotatable bonds is 4. The predicted octanol–water partition coefficient (Wildman–Crippen LogP) is 1.87. The van der Waals surface area contributed by atoms with Crippen LogP contribution in [0.25, 0.3) is 17.0 Å². The van der Waals surface area contributed by atoms with E-state index in [1.54, 1.807) is 24.5 Å². The lowest BCUT2D eigenvalue weighted by Crippen LogP contribution is -2.29. The van der Waals surface area contributed by atoms with Gasteiger partial charge in [-0.15, -0.1) is 0 Å². The molecule has 0 radical (unpaired) electrons. The molecule has 0 aliphatic rings. The minimum absolute atomic E-state index is 0.122. The molecular formula is C15H13F3N4O2. The fourth-order valence-electron chi connectivity index (χ4n) is 2.31. The van der Waals surface area contributed by atoms with Crippen molar-refractivity contribution in [2.75, 3.05) is 0 Å². The van der Waals surface area contributed by atoms with E-state index < -0.39 is 18.7 Å². The van der Waals surface area contributed by atoms with Crippen LogP contribution in [-0.2, 0) is 6.54 Å². The summed E-state index contributed by atoms with van der Waals surface area (Å²) in [4.78, 5) is 20.4. The van der Waals surface area contributed by atoms with Crippen molar-refractivity contribution < 1.29 is 18.3 Å². The summed E-state index contributed by atoms with van der Waals surface area (Å²) in [6, 6.07) is 4.70. The number of aliphatic hydroxyl groups excluding tert-OH is 1. The fraction of sp³-hybridized carbons (Fsp3) is 0.267. The van der Waals surface area contributed by atoms with Crippen LogP contribution in [0.5, 0.6) is 0 Å². The Morgan fingerprint density at radius 1 is 1.21 bits per heavy atom. The van der Waals surface area contributed by atoms with E-state index in [1.807, 2.05) is 0 Å². The highest BCUT2D eigenvalue weighted by atomic mass is 19.4. The number of aromatic nitrogens is 4. The number of halogens is 3. The first kappa shape index (κ1) is 16.2. The highest BCUT2D eigenvalue weighted by Crippen LogP contribution is 2.23. The second kappa shape index (κ2) is 6.08. The zero-order valence-electron chi connectivity index (χ0n) is 12.3. The van der Waals surface area contributed by atoms with Crippen molar-refractivity contribution in [2.45, 2.75) is 25.2 Å². The summed E-state index contributed by atoms with van der Waals surface area (Å²) in [6.07, 6.45) is -1.62. The normalized spacial score (nSPS) is 13.3. The summed E-state index contributed by atoms with van der Waals surface area (Å²) in [6.45, 7) is -0.122. The standard InChI is InChI=1S/C15H13F3N4O2/c16-15(17,18)12(23)3-6-21-7-8-22-13(24)9-11(20-14(21)22)10-1-4-19-5-2-10/h1-2,4-5,7-9,12,23H,3,6H2. The molecule has 6 nitrogen and oxygen atoms in total. The Morgan fingerprint density at radius 2 is 1.92 bits per heavy atom. The van der Waals surface area contributed by atoms with Crippen LogP contribution in [0.1, 0.15) is 6.42 Å². The number of hydrogen-bond acceptors (Lipinski definition) is 4. The molecule has 3 aromatic rings. The Balaban J connectivity index is 1.96. The van der Waals surface area contributed by atoms with E-state index in [0.717, 1.165) is 0 Å². The molecule has 126 valence electrons. The molecule has 3 aromatic heterocycles. The van der Waals surface area contributed by atoms with Gasteiger partial charge in [0.15, 0.2) is 6.10 Å². The molecule has 1 N–H and O–H groups in total. The number of hydrogen-bond donors (Lipinski definition) is 1. The van der Waals surface area contributed by atoms with Crippen LogP contribution in [0.2, 0.25) is 0 Å². The van der Waals surface area contributed by atoms with Crippen LogP contribution in [0.4, 0.5) is 13.2 Å². The topological polar surface area (TPSA) is 72.4 Å². The molecule has 0 spiro atoms. The van der Waals surface area contributed by atoms with Gasteiger partial charge < -0.3 is 9.67 Å². The van der Waals surface area contributed by atoms with E-state index in [9.17, 15) is 18.0 Å². The van der Waals surface area contributed by atoms with Crippen molar-refractivity contribution in [3.63, 3.8) is 0 Å². The highest BCUT2D eigenvalue weighted by Gasteiger charge is 2.37. The lowest BCUT2D eigenvalue weighted by atomic mass is 10.2. The van der Waals surface area contributed by atoms with Gasteiger partial charge in [0.25, 0.3) is 5.56 Å². The highest BCUT2D eigenvalue weighted by molar-refractivity contribution is 5.59. The van der Waals surface area contributed by atoms with Gasteiger partial charge in [0.1, 0.15) is 0 Å². The minimum atomic E-state index is -4.67. The van der Waals surface area contributed by atoms with Crippen molar-refractivity contribution >= 4 is 5.78 Å². The van der Waals surface area contributed by atoms with Gasteiger partial charge in [-0.3, -0.25) is 14.2 Å². The number of imidazole rings is 1. The lowest BCUT2D eigenvalue weighted by molar-refractivity contribution is -0.206. The minimum Gasteiger partial charge on any atom is -0.384 e. The molecule has 0 aliphatic carbocycles. The molecule has 9 heteroatoms. The first-order chi connectivity index (χ1) is 11.4. The molecule has 1 atom stereocenters. The molecule has 0 aromatic carbocycles. The van der Waals surface area contributed by atoms with E-state index in [0.29, 0.717) is 11.3 Å². The molecule has 1 unspecified atom stereocenters. The number of nitrogens with zero attached hydrogens (tertiary/aromatic N) is 4. The first-order valence-corrected chi connectivity index (χ1v) is 7.10. The molecule has 0 amide bonds. The van der Waals surface area contributed by atoms with E-state index in [-0.39, 0.29) is 17.9 Å². The lowest BCUT2D eigenvalue weighted by Gasteiger charge is -2.14. The number of alkyl halides is 3. The largest absolute Gasteiger partial charge is 0.414 e. The summed E-state index contributed by atoms with van der Waals surface area (Å²) in [5.41, 5.74) is 0.730. The van der Waals surface area contributed by atoms with E-state index in [1.165, 1.54) is 27.4 Å². The predicted molar refractivity (Wildman–Crippen MR) is 79.4 cm³/mol. The second-order valence-electron chi connectivity index (χ2n) is 5.22. The number of aliphatic hydroxyl groups is 1. The molecule has 0 saturated carbocycles. The van der Waals surface area contributed by atoms with Gasteiger partial charge in [-0.05, 0) is 12.1 Å². The van der Waals surface area contributed by atoms with Crippen LogP contribution < -0.4 is 5.56 Å². The first-order valence-electron chi connectivity index (χ1n) is 7.10. The third-order valence-electron chi connectivity index (χ3n) is 3.58. The third kappa shape index (κ3) is 3.16. The zero-order chi connectivity index (χ0) is 17.3. The summed E-state index contributed by atoms with van der Waals surface area (Å²) in [5, 5.41) is 9.11. The van der Waals surface area contributed by atoms with Gasteiger partial charge in [0.2, 0.25) is 5.78 Å². The Labute approximate surface area is 133 Å². The van der Waals surface area contributed by atoms with Crippen molar-refractivity contribution in [3.8, 4) is 11.3 Å². The second-order valence-corrected chi connectivity index (χ2v) is 5.22. The average Bonchev–Trinajstić information content (AvgIpc) is 2.96. The van der Waals surface area contributed by atoms with E-state index >= 15 is 0 Å². The Morgan fingerprint density at radius 3 is 2.58 bits per heavy atom. The molecule has 0 bridgehead atoms. The maximum atomic E-state index is 12.4. The van der Waals surface area contributed by atoms with Crippen molar-refractivity contribution in [1.82, 2.24) is 18.9 Å². The maximum Gasteiger partial charge on any atom is 0.414 e. The monoisotopic (exact) mass is 338 g/mol.